The average Bonchev–Trinajstić information content (AvgIpc) is 3.28. The number of amides is 1. The second-order valence-corrected chi connectivity index (χ2v) is 8.13. The molecule has 0 bridgehead atoms. The molecule has 1 atom stereocenters. The van der Waals surface area contributed by atoms with E-state index in [4.69, 9.17) is 4.74 Å². The van der Waals surface area contributed by atoms with Gasteiger partial charge in [-0.05, 0) is 24.6 Å². The molecule has 0 aliphatic carbocycles. The minimum atomic E-state index is -3.67. The highest BCUT2D eigenvalue weighted by Gasteiger charge is 2.24. The van der Waals surface area contributed by atoms with Crippen molar-refractivity contribution in [1.29, 1.82) is 0 Å². The van der Waals surface area contributed by atoms with Crippen LogP contribution in [0.1, 0.15) is 22.5 Å². The van der Waals surface area contributed by atoms with Crippen molar-refractivity contribution in [1.82, 2.24) is 15.0 Å². The third kappa shape index (κ3) is 4.85. The van der Waals surface area contributed by atoms with Crippen LogP contribution in [0.4, 0.5) is 0 Å². The first-order valence-electron chi connectivity index (χ1n) is 7.90. The van der Waals surface area contributed by atoms with Crippen LogP contribution in [-0.2, 0) is 21.2 Å². The van der Waals surface area contributed by atoms with Crippen LogP contribution in [0.25, 0.3) is 0 Å². The monoisotopic (exact) mass is 381 g/mol. The second kappa shape index (κ2) is 8.05. The van der Waals surface area contributed by atoms with Crippen LogP contribution in [0.2, 0.25) is 0 Å². The first-order valence-corrected chi connectivity index (χ1v) is 10.3. The summed E-state index contributed by atoms with van der Waals surface area (Å²) in [6.07, 6.45) is 1.28. The van der Waals surface area contributed by atoms with Gasteiger partial charge in [0.2, 0.25) is 10.0 Å². The smallest absolute Gasteiger partial charge is 0.251 e. The maximum absolute atomic E-state index is 12.4. The number of carbonyl (C=O) groups is 1. The zero-order valence-electron chi connectivity index (χ0n) is 13.5. The molecule has 1 amide bonds. The van der Waals surface area contributed by atoms with Crippen LogP contribution in [0, 0.1) is 0 Å². The lowest BCUT2D eigenvalue weighted by molar-refractivity contribution is 0.0954. The Kier molecular flexibility index (Phi) is 5.79. The van der Waals surface area contributed by atoms with E-state index in [1.54, 1.807) is 17.6 Å². The summed E-state index contributed by atoms with van der Waals surface area (Å²) in [7, 11) is -3.67. The van der Waals surface area contributed by atoms with Gasteiger partial charge in [0.05, 0.1) is 22.7 Å². The molecule has 1 aromatic carbocycles. The van der Waals surface area contributed by atoms with Crippen LogP contribution in [0.5, 0.6) is 0 Å². The Labute approximate surface area is 150 Å². The lowest BCUT2D eigenvalue weighted by Crippen LogP contribution is -2.35. The number of ether oxygens (including phenoxy) is 1. The molecule has 1 fully saturated rings. The van der Waals surface area contributed by atoms with Gasteiger partial charge in [0.1, 0.15) is 0 Å². The van der Waals surface area contributed by atoms with Crippen LogP contribution in [0.3, 0.4) is 0 Å². The van der Waals surface area contributed by atoms with Gasteiger partial charge in [-0.25, -0.2) is 18.1 Å². The van der Waals surface area contributed by atoms with Gasteiger partial charge in [-0.3, -0.25) is 4.79 Å². The maximum atomic E-state index is 12.4. The molecule has 25 heavy (non-hydrogen) atoms. The third-order valence-electron chi connectivity index (χ3n) is 3.81. The number of nitrogens with one attached hydrogen (secondary N) is 2. The Morgan fingerprint density at radius 2 is 2.28 bits per heavy atom. The fraction of sp³-hybridized carbons (Fsp3) is 0.375. The van der Waals surface area contributed by atoms with Crippen molar-refractivity contribution in [3.05, 3.63) is 46.4 Å². The van der Waals surface area contributed by atoms with Gasteiger partial charge < -0.3 is 10.1 Å². The molecule has 1 aliphatic rings. The lowest BCUT2D eigenvalue weighted by Gasteiger charge is -2.12. The predicted molar refractivity (Wildman–Crippen MR) is 94.1 cm³/mol. The number of aromatic nitrogens is 1. The highest BCUT2D eigenvalue weighted by molar-refractivity contribution is 7.89. The fourth-order valence-corrected chi connectivity index (χ4v) is 4.38. The largest absolute Gasteiger partial charge is 0.380 e. The van der Waals surface area contributed by atoms with Crippen molar-refractivity contribution in [2.75, 3.05) is 19.8 Å². The number of thiazole rings is 1. The number of hydrogen-bond donors (Lipinski definition) is 2. The van der Waals surface area contributed by atoms with Crippen molar-refractivity contribution >= 4 is 27.3 Å². The van der Waals surface area contributed by atoms with Gasteiger partial charge >= 0.3 is 0 Å². The summed E-state index contributed by atoms with van der Waals surface area (Å²) in [5.41, 5.74) is 2.97. The zero-order chi connectivity index (χ0) is 17.7. The van der Waals surface area contributed by atoms with Crippen molar-refractivity contribution in [2.24, 2.45) is 0 Å². The van der Waals surface area contributed by atoms with Gasteiger partial charge in [-0.1, -0.05) is 6.07 Å². The summed E-state index contributed by atoms with van der Waals surface area (Å²) < 4.78 is 32.6. The van der Waals surface area contributed by atoms with Gasteiger partial charge in [0.15, 0.2) is 0 Å². The van der Waals surface area contributed by atoms with Crippen LogP contribution < -0.4 is 10.0 Å². The first kappa shape index (κ1) is 18.0. The molecular weight excluding hydrogens is 362 g/mol. The number of carbonyl (C=O) groups excluding carboxylic acids is 1. The molecule has 7 nitrogen and oxygen atoms in total. The maximum Gasteiger partial charge on any atom is 0.251 e. The van der Waals surface area contributed by atoms with E-state index < -0.39 is 10.0 Å². The number of nitrogens with zero attached hydrogens (tertiary/aromatic N) is 1. The molecule has 134 valence electrons. The second-order valence-electron chi connectivity index (χ2n) is 5.70. The number of sulfonamides is 1. The summed E-state index contributed by atoms with van der Waals surface area (Å²) in [6.45, 7) is 1.36. The minimum absolute atomic E-state index is 0.0755. The lowest BCUT2D eigenvalue weighted by atomic mass is 10.2. The van der Waals surface area contributed by atoms with E-state index >= 15 is 0 Å². The molecule has 1 aromatic heterocycles. The summed E-state index contributed by atoms with van der Waals surface area (Å²) >= 11 is 1.51. The van der Waals surface area contributed by atoms with Gasteiger partial charge in [0, 0.05) is 36.6 Å². The Morgan fingerprint density at radius 3 is 3.00 bits per heavy atom. The Morgan fingerprint density at radius 1 is 1.40 bits per heavy atom. The van der Waals surface area contributed by atoms with E-state index in [2.05, 4.69) is 15.0 Å². The van der Waals surface area contributed by atoms with E-state index in [-0.39, 0.29) is 16.8 Å². The Bertz CT molecular complexity index is 816. The van der Waals surface area contributed by atoms with Crippen LogP contribution in [-0.4, -0.2) is 45.1 Å². The molecule has 0 saturated carbocycles. The summed E-state index contributed by atoms with van der Waals surface area (Å²) in [5, 5.41) is 4.71. The van der Waals surface area contributed by atoms with E-state index in [1.807, 2.05) is 5.38 Å². The summed E-state index contributed by atoms with van der Waals surface area (Å²) in [4.78, 5) is 16.5. The average molecular weight is 381 g/mol. The highest BCUT2D eigenvalue weighted by atomic mass is 32.2. The molecule has 2 aromatic rings. The Hall–Kier alpha value is -1.81. The highest BCUT2D eigenvalue weighted by Crippen LogP contribution is 2.14. The number of benzene rings is 1. The number of hydrogen-bond acceptors (Lipinski definition) is 6. The van der Waals surface area contributed by atoms with Crippen LogP contribution in [0.15, 0.2) is 40.1 Å². The Balaban J connectivity index is 1.62. The standard InChI is InChI=1S/C16H19N3O4S2/c20-16(17-6-4-14-10-24-11-18-14)12-2-1-3-15(8-12)25(21,22)19-13-5-7-23-9-13/h1-3,8,10-11,13,19H,4-7,9H2,(H,17,20). The predicted octanol–water partition coefficient (Wildman–Crippen LogP) is 1.18. The number of rotatable bonds is 7. The van der Waals surface area contributed by atoms with Gasteiger partial charge in [0.25, 0.3) is 5.91 Å². The summed E-state index contributed by atoms with van der Waals surface area (Å²) in [5.74, 6) is -0.309. The fourth-order valence-electron chi connectivity index (χ4n) is 2.49. The molecule has 2 N–H and O–H groups in total. The molecular formula is C16H19N3O4S2. The topological polar surface area (TPSA) is 97.4 Å². The van der Waals surface area contributed by atoms with Crippen LogP contribution >= 0.6 is 11.3 Å². The first-order chi connectivity index (χ1) is 12.0. The minimum Gasteiger partial charge on any atom is -0.380 e. The molecule has 3 rings (SSSR count). The molecule has 0 radical (unpaired) electrons. The van der Waals surface area contributed by atoms with E-state index in [9.17, 15) is 13.2 Å². The molecule has 1 aliphatic heterocycles. The quantitative estimate of drug-likeness (QED) is 0.751. The van der Waals surface area contributed by atoms with Crippen molar-refractivity contribution < 1.29 is 17.9 Å². The van der Waals surface area contributed by atoms with E-state index in [0.717, 1.165) is 5.69 Å². The summed E-state index contributed by atoms with van der Waals surface area (Å²) in [6, 6.07) is 5.80. The van der Waals surface area contributed by atoms with Crippen molar-refractivity contribution in [3.63, 3.8) is 0 Å². The molecule has 1 saturated heterocycles. The van der Waals surface area contributed by atoms with Crippen molar-refractivity contribution in [2.45, 2.75) is 23.8 Å². The van der Waals surface area contributed by atoms with E-state index in [0.29, 0.717) is 38.2 Å². The third-order valence-corrected chi connectivity index (χ3v) is 5.96. The SMILES string of the molecule is O=C(NCCc1cscn1)c1cccc(S(=O)(=O)NC2CCOC2)c1. The molecule has 2 heterocycles. The molecule has 1 unspecified atom stereocenters. The molecule has 0 spiro atoms. The van der Waals surface area contributed by atoms with E-state index in [1.165, 1.54) is 23.5 Å². The zero-order valence-corrected chi connectivity index (χ0v) is 15.1. The van der Waals surface area contributed by atoms with Crippen molar-refractivity contribution in [3.8, 4) is 0 Å². The van der Waals surface area contributed by atoms with Gasteiger partial charge in [-0.15, -0.1) is 11.3 Å². The normalized spacial score (nSPS) is 17.5. The molecule has 9 heteroatoms. The van der Waals surface area contributed by atoms with Gasteiger partial charge in [-0.2, -0.15) is 0 Å².